The Hall–Kier alpha value is -1.88. The SMILES string of the molecule is O=C(O[C@H]1NC(=O)[C@@H]1CCO)c1ccccc1. The Labute approximate surface area is 98.4 Å². The number of esters is 1. The van der Waals surface area contributed by atoms with E-state index in [-0.39, 0.29) is 12.5 Å². The minimum absolute atomic E-state index is 0.0997. The first-order valence-corrected chi connectivity index (χ1v) is 5.39. The van der Waals surface area contributed by atoms with Crippen LogP contribution in [-0.4, -0.2) is 29.8 Å². The van der Waals surface area contributed by atoms with Gasteiger partial charge in [-0.3, -0.25) is 4.79 Å². The van der Waals surface area contributed by atoms with Crippen molar-refractivity contribution < 1.29 is 19.4 Å². The predicted octanol–water partition coefficient (Wildman–Crippen LogP) is 0.298. The summed E-state index contributed by atoms with van der Waals surface area (Å²) in [7, 11) is 0. The van der Waals surface area contributed by atoms with Crippen molar-refractivity contribution in [1.29, 1.82) is 0 Å². The highest BCUT2D eigenvalue weighted by Crippen LogP contribution is 2.20. The summed E-state index contributed by atoms with van der Waals surface area (Å²) in [5.74, 6) is -1.10. The largest absolute Gasteiger partial charge is 0.437 e. The molecule has 1 aliphatic heterocycles. The molecule has 0 bridgehead atoms. The van der Waals surface area contributed by atoms with Gasteiger partial charge in [0.1, 0.15) is 0 Å². The van der Waals surface area contributed by atoms with Crippen LogP contribution in [-0.2, 0) is 9.53 Å². The zero-order chi connectivity index (χ0) is 12.3. The van der Waals surface area contributed by atoms with Crippen LogP contribution in [0.25, 0.3) is 0 Å². The maximum absolute atomic E-state index is 11.7. The van der Waals surface area contributed by atoms with Crippen LogP contribution in [0.5, 0.6) is 0 Å². The molecule has 0 aliphatic carbocycles. The number of rotatable bonds is 4. The molecule has 2 atom stereocenters. The van der Waals surface area contributed by atoms with Crippen molar-refractivity contribution >= 4 is 11.9 Å². The van der Waals surface area contributed by atoms with E-state index in [0.717, 1.165) is 0 Å². The molecule has 2 rings (SSSR count). The average Bonchev–Trinajstić information content (AvgIpc) is 2.36. The fourth-order valence-corrected chi connectivity index (χ4v) is 1.68. The minimum atomic E-state index is -0.623. The van der Waals surface area contributed by atoms with Gasteiger partial charge in [0.15, 0.2) is 6.23 Å². The lowest BCUT2D eigenvalue weighted by Gasteiger charge is -2.35. The second kappa shape index (κ2) is 4.97. The van der Waals surface area contributed by atoms with Crippen molar-refractivity contribution in [2.45, 2.75) is 12.6 Å². The van der Waals surface area contributed by atoms with Gasteiger partial charge in [-0.25, -0.2) is 4.79 Å². The van der Waals surface area contributed by atoms with Gasteiger partial charge >= 0.3 is 5.97 Å². The molecule has 1 aliphatic rings. The van der Waals surface area contributed by atoms with E-state index >= 15 is 0 Å². The normalized spacial score (nSPS) is 22.5. The van der Waals surface area contributed by atoms with E-state index in [1.54, 1.807) is 30.3 Å². The zero-order valence-electron chi connectivity index (χ0n) is 9.13. The first-order chi connectivity index (χ1) is 8.22. The van der Waals surface area contributed by atoms with Crippen LogP contribution in [0, 0.1) is 5.92 Å². The second-order valence-corrected chi connectivity index (χ2v) is 3.82. The summed E-state index contributed by atoms with van der Waals surface area (Å²) in [6, 6.07) is 8.56. The van der Waals surface area contributed by atoms with Crippen LogP contribution >= 0.6 is 0 Å². The predicted molar refractivity (Wildman–Crippen MR) is 59.0 cm³/mol. The molecule has 0 unspecified atom stereocenters. The summed E-state index contributed by atoms with van der Waals surface area (Å²) in [6.45, 7) is -0.0997. The Morgan fingerprint density at radius 1 is 1.35 bits per heavy atom. The molecule has 1 aromatic rings. The molecule has 1 heterocycles. The van der Waals surface area contributed by atoms with Crippen LogP contribution in [0.3, 0.4) is 0 Å². The first kappa shape index (κ1) is 11.6. The number of hydrogen-bond acceptors (Lipinski definition) is 4. The number of hydrogen-bond donors (Lipinski definition) is 2. The van der Waals surface area contributed by atoms with Crippen molar-refractivity contribution in [1.82, 2.24) is 5.32 Å². The van der Waals surface area contributed by atoms with E-state index in [9.17, 15) is 9.59 Å². The molecule has 0 aromatic heterocycles. The molecule has 1 saturated heterocycles. The van der Waals surface area contributed by atoms with Gasteiger partial charge in [0.25, 0.3) is 0 Å². The third-order valence-corrected chi connectivity index (χ3v) is 2.67. The minimum Gasteiger partial charge on any atom is -0.437 e. The highest BCUT2D eigenvalue weighted by molar-refractivity contribution is 5.91. The summed E-state index contributed by atoms with van der Waals surface area (Å²) in [5, 5.41) is 11.3. The molecule has 2 N–H and O–H groups in total. The molecule has 17 heavy (non-hydrogen) atoms. The highest BCUT2D eigenvalue weighted by Gasteiger charge is 2.41. The fraction of sp³-hybridized carbons (Fsp3) is 0.333. The van der Waals surface area contributed by atoms with Crippen molar-refractivity contribution in [3.05, 3.63) is 35.9 Å². The average molecular weight is 235 g/mol. The molecule has 0 saturated carbocycles. The van der Waals surface area contributed by atoms with Crippen LogP contribution in [0.4, 0.5) is 0 Å². The molecule has 0 radical (unpaired) electrons. The number of nitrogens with one attached hydrogen (secondary N) is 1. The van der Waals surface area contributed by atoms with Crippen molar-refractivity contribution in [3.8, 4) is 0 Å². The standard InChI is InChI=1S/C12H13NO4/c14-7-6-9-10(15)13-11(9)17-12(16)8-4-2-1-3-5-8/h1-5,9,11,14H,6-7H2,(H,13,15)/t9-,11+/m0/s1. The van der Waals surface area contributed by atoms with Gasteiger partial charge in [0.05, 0.1) is 11.5 Å². The van der Waals surface area contributed by atoms with Gasteiger partial charge in [-0.15, -0.1) is 0 Å². The summed E-state index contributed by atoms with van der Waals surface area (Å²) < 4.78 is 5.13. The van der Waals surface area contributed by atoms with Crippen molar-refractivity contribution in [3.63, 3.8) is 0 Å². The molecule has 90 valence electrons. The molecule has 1 amide bonds. The maximum Gasteiger partial charge on any atom is 0.340 e. The van der Waals surface area contributed by atoms with Gasteiger partial charge in [-0.1, -0.05) is 18.2 Å². The Morgan fingerprint density at radius 2 is 2.06 bits per heavy atom. The number of β-lactam (4-membered cyclic amide) rings is 1. The fourth-order valence-electron chi connectivity index (χ4n) is 1.68. The third-order valence-electron chi connectivity index (χ3n) is 2.67. The van der Waals surface area contributed by atoms with Gasteiger partial charge < -0.3 is 15.2 Å². The summed E-state index contributed by atoms with van der Waals surface area (Å²) in [4.78, 5) is 22.8. The number of amides is 1. The van der Waals surface area contributed by atoms with Crippen LogP contribution in [0.1, 0.15) is 16.8 Å². The lowest BCUT2D eigenvalue weighted by atomic mass is 9.95. The second-order valence-electron chi connectivity index (χ2n) is 3.82. The quantitative estimate of drug-likeness (QED) is 0.581. The number of ether oxygens (including phenoxy) is 1. The molecular formula is C12H13NO4. The lowest BCUT2D eigenvalue weighted by Crippen LogP contribution is -2.60. The number of benzene rings is 1. The van der Waals surface area contributed by atoms with E-state index in [0.29, 0.717) is 12.0 Å². The van der Waals surface area contributed by atoms with Crippen LogP contribution in [0.2, 0.25) is 0 Å². The number of carbonyl (C=O) groups is 2. The van der Waals surface area contributed by atoms with Crippen molar-refractivity contribution in [2.24, 2.45) is 5.92 Å². The van der Waals surface area contributed by atoms with Gasteiger partial charge in [-0.05, 0) is 18.6 Å². The van der Waals surface area contributed by atoms with E-state index < -0.39 is 18.1 Å². The van der Waals surface area contributed by atoms with Gasteiger partial charge in [0.2, 0.25) is 5.91 Å². The summed E-state index contributed by atoms with van der Waals surface area (Å²) >= 11 is 0. The lowest BCUT2D eigenvalue weighted by molar-refractivity contribution is -0.148. The molecule has 1 fully saturated rings. The van der Waals surface area contributed by atoms with Crippen LogP contribution in [0.15, 0.2) is 30.3 Å². The van der Waals surface area contributed by atoms with E-state index in [1.165, 1.54) is 0 Å². The Morgan fingerprint density at radius 3 is 2.65 bits per heavy atom. The Bertz CT molecular complexity index is 418. The van der Waals surface area contributed by atoms with E-state index in [1.807, 2.05) is 0 Å². The highest BCUT2D eigenvalue weighted by atomic mass is 16.6. The molecule has 0 spiro atoms. The number of carbonyl (C=O) groups excluding carboxylic acids is 2. The van der Waals surface area contributed by atoms with Gasteiger partial charge in [0, 0.05) is 6.61 Å². The maximum atomic E-state index is 11.7. The smallest absolute Gasteiger partial charge is 0.340 e. The van der Waals surface area contributed by atoms with E-state index in [2.05, 4.69) is 5.32 Å². The van der Waals surface area contributed by atoms with Gasteiger partial charge in [-0.2, -0.15) is 0 Å². The molecule has 5 heteroatoms. The number of aliphatic hydroxyl groups excluding tert-OH is 1. The molecular weight excluding hydrogens is 222 g/mol. The topological polar surface area (TPSA) is 75.6 Å². The Kier molecular flexibility index (Phi) is 3.39. The van der Waals surface area contributed by atoms with E-state index in [4.69, 9.17) is 9.84 Å². The monoisotopic (exact) mass is 235 g/mol. The molecule has 5 nitrogen and oxygen atoms in total. The number of aliphatic hydroxyl groups is 1. The summed E-state index contributed by atoms with van der Waals surface area (Å²) in [5.41, 5.74) is 0.441. The first-order valence-electron chi connectivity index (χ1n) is 5.39. The third kappa shape index (κ3) is 2.45. The Balaban J connectivity index is 1.94. The zero-order valence-corrected chi connectivity index (χ0v) is 9.13. The summed E-state index contributed by atoms with van der Waals surface area (Å²) in [6.07, 6.45) is -0.319. The molecule has 1 aromatic carbocycles. The van der Waals surface area contributed by atoms with Crippen LogP contribution < -0.4 is 5.32 Å². The van der Waals surface area contributed by atoms with Crippen molar-refractivity contribution in [2.75, 3.05) is 6.61 Å².